The molecular formula is C19H19FN4O2S. The fraction of sp³-hybridized carbons (Fsp3) is 0.105. The second-order valence-electron chi connectivity index (χ2n) is 6.06. The molecule has 0 bridgehead atoms. The van der Waals surface area contributed by atoms with Crippen LogP contribution in [0.2, 0.25) is 0 Å². The summed E-state index contributed by atoms with van der Waals surface area (Å²) in [6.45, 7) is 0. The van der Waals surface area contributed by atoms with Crippen molar-refractivity contribution in [2.24, 2.45) is 0 Å². The molecular weight excluding hydrogens is 367 g/mol. The third-order valence-corrected chi connectivity index (χ3v) is 5.19. The lowest BCUT2D eigenvalue weighted by atomic mass is 10.2. The molecule has 27 heavy (non-hydrogen) atoms. The Morgan fingerprint density at radius 3 is 2.07 bits per heavy atom. The molecule has 0 aliphatic heterocycles. The largest absolute Gasteiger partial charge is 0.378 e. The number of aromatic nitrogens is 1. The van der Waals surface area contributed by atoms with Crippen LogP contribution in [0, 0.1) is 5.82 Å². The number of rotatable bonds is 6. The van der Waals surface area contributed by atoms with Gasteiger partial charge in [0.1, 0.15) is 11.6 Å². The highest BCUT2D eigenvalue weighted by molar-refractivity contribution is 7.92. The standard InChI is InChI=1S/C19H19FN4O2S/c1-24(2)17-8-5-15(6-9-17)22-19-12-7-16(13-21-19)23-27(25,26)18-10-3-14(20)4-11-18/h3-13,23H,1-2H3,(H,21,22). The summed E-state index contributed by atoms with van der Waals surface area (Å²) in [7, 11) is 0.139. The molecule has 0 aliphatic carbocycles. The minimum atomic E-state index is -3.80. The van der Waals surface area contributed by atoms with Crippen LogP contribution in [-0.2, 0) is 10.0 Å². The van der Waals surface area contributed by atoms with E-state index in [0.29, 0.717) is 11.5 Å². The predicted octanol–water partition coefficient (Wildman–Crippen LogP) is 3.83. The number of anilines is 4. The maximum Gasteiger partial charge on any atom is 0.261 e. The SMILES string of the molecule is CN(C)c1ccc(Nc2ccc(NS(=O)(=O)c3ccc(F)cc3)cn2)cc1. The van der Waals surface area contributed by atoms with Gasteiger partial charge in [0.2, 0.25) is 0 Å². The highest BCUT2D eigenvalue weighted by Crippen LogP contribution is 2.21. The molecule has 0 aliphatic rings. The van der Waals surface area contributed by atoms with Gasteiger partial charge in [-0.3, -0.25) is 4.72 Å². The maximum absolute atomic E-state index is 13.0. The van der Waals surface area contributed by atoms with Crippen LogP contribution < -0.4 is 14.9 Å². The summed E-state index contributed by atoms with van der Waals surface area (Å²) in [5, 5.41) is 3.15. The van der Waals surface area contributed by atoms with Gasteiger partial charge in [-0.2, -0.15) is 0 Å². The molecule has 140 valence electrons. The Morgan fingerprint density at radius 1 is 0.889 bits per heavy atom. The zero-order valence-electron chi connectivity index (χ0n) is 14.8. The van der Waals surface area contributed by atoms with Crippen molar-refractivity contribution in [3.8, 4) is 0 Å². The van der Waals surface area contributed by atoms with Crippen LogP contribution in [0.15, 0.2) is 71.8 Å². The first-order valence-electron chi connectivity index (χ1n) is 8.12. The summed E-state index contributed by atoms with van der Waals surface area (Å²) in [6, 6.07) is 15.7. The van der Waals surface area contributed by atoms with Gasteiger partial charge in [0, 0.05) is 25.5 Å². The predicted molar refractivity (Wildman–Crippen MR) is 105 cm³/mol. The number of nitrogens with one attached hydrogen (secondary N) is 2. The summed E-state index contributed by atoms with van der Waals surface area (Å²) in [4.78, 5) is 6.20. The molecule has 2 N–H and O–H groups in total. The van der Waals surface area contributed by atoms with Crippen molar-refractivity contribution in [2.75, 3.05) is 29.0 Å². The molecule has 1 aromatic heterocycles. The first-order chi connectivity index (χ1) is 12.8. The second kappa shape index (κ2) is 7.63. The van der Waals surface area contributed by atoms with E-state index in [1.807, 2.05) is 43.3 Å². The molecule has 0 saturated heterocycles. The Balaban J connectivity index is 1.68. The van der Waals surface area contributed by atoms with Crippen LogP contribution in [0.1, 0.15) is 0 Å². The van der Waals surface area contributed by atoms with E-state index in [1.54, 1.807) is 12.1 Å². The fourth-order valence-corrected chi connectivity index (χ4v) is 3.39. The van der Waals surface area contributed by atoms with Crippen molar-refractivity contribution in [3.05, 3.63) is 72.7 Å². The van der Waals surface area contributed by atoms with Crippen molar-refractivity contribution in [1.29, 1.82) is 0 Å². The van der Waals surface area contributed by atoms with Gasteiger partial charge >= 0.3 is 0 Å². The first-order valence-corrected chi connectivity index (χ1v) is 9.61. The normalized spacial score (nSPS) is 11.1. The van der Waals surface area contributed by atoms with E-state index in [4.69, 9.17) is 0 Å². The number of hydrogen-bond acceptors (Lipinski definition) is 5. The molecule has 6 nitrogen and oxygen atoms in total. The Morgan fingerprint density at radius 2 is 1.52 bits per heavy atom. The number of hydrogen-bond donors (Lipinski definition) is 2. The Labute approximate surface area is 157 Å². The fourth-order valence-electron chi connectivity index (χ4n) is 2.35. The van der Waals surface area contributed by atoms with Gasteiger partial charge in [0.25, 0.3) is 10.0 Å². The van der Waals surface area contributed by atoms with Crippen LogP contribution in [0.5, 0.6) is 0 Å². The molecule has 8 heteroatoms. The lowest BCUT2D eigenvalue weighted by Crippen LogP contribution is -2.13. The van der Waals surface area contributed by atoms with Crippen LogP contribution in [0.4, 0.5) is 27.3 Å². The third-order valence-electron chi connectivity index (χ3n) is 3.80. The minimum Gasteiger partial charge on any atom is -0.378 e. The monoisotopic (exact) mass is 386 g/mol. The Kier molecular flexibility index (Phi) is 5.27. The van der Waals surface area contributed by atoms with Gasteiger partial charge < -0.3 is 10.2 Å². The average Bonchev–Trinajstić information content (AvgIpc) is 2.64. The van der Waals surface area contributed by atoms with Crippen molar-refractivity contribution in [1.82, 2.24) is 4.98 Å². The van der Waals surface area contributed by atoms with Crippen LogP contribution >= 0.6 is 0 Å². The summed E-state index contributed by atoms with van der Waals surface area (Å²) in [5.74, 6) is 0.0852. The third kappa shape index (κ3) is 4.73. The van der Waals surface area contributed by atoms with E-state index in [1.165, 1.54) is 18.3 Å². The number of benzene rings is 2. The first kappa shape index (κ1) is 18.7. The molecule has 0 saturated carbocycles. The number of halogens is 1. The average molecular weight is 386 g/mol. The number of pyridine rings is 1. The van der Waals surface area contributed by atoms with Crippen molar-refractivity contribution in [2.45, 2.75) is 4.90 Å². The van der Waals surface area contributed by atoms with E-state index in [-0.39, 0.29) is 4.90 Å². The van der Waals surface area contributed by atoms with Crippen molar-refractivity contribution >= 4 is 32.9 Å². The molecule has 0 atom stereocenters. The highest BCUT2D eigenvalue weighted by Gasteiger charge is 2.14. The molecule has 1 heterocycles. The van der Waals surface area contributed by atoms with Crippen molar-refractivity contribution < 1.29 is 12.8 Å². The van der Waals surface area contributed by atoms with Crippen LogP contribution in [0.3, 0.4) is 0 Å². The molecule has 0 amide bonds. The van der Waals surface area contributed by atoms with Gasteiger partial charge in [0.05, 0.1) is 16.8 Å². The quantitative estimate of drug-likeness (QED) is 0.673. The van der Waals surface area contributed by atoms with E-state index < -0.39 is 15.8 Å². The molecule has 0 radical (unpaired) electrons. The van der Waals surface area contributed by atoms with Gasteiger partial charge in [0.15, 0.2) is 0 Å². The molecule has 2 aromatic carbocycles. The zero-order chi connectivity index (χ0) is 19.4. The van der Waals surface area contributed by atoms with Gasteiger partial charge in [-0.05, 0) is 60.7 Å². The van der Waals surface area contributed by atoms with E-state index in [9.17, 15) is 12.8 Å². The van der Waals surface area contributed by atoms with Crippen LogP contribution in [-0.4, -0.2) is 27.5 Å². The van der Waals surface area contributed by atoms with Gasteiger partial charge in [-0.25, -0.2) is 17.8 Å². The van der Waals surface area contributed by atoms with Crippen LogP contribution in [0.25, 0.3) is 0 Å². The second-order valence-corrected chi connectivity index (χ2v) is 7.74. The zero-order valence-corrected chi connectivity index (χ0v) is 15.7. The maximum atomic E-state index is 13.0. The van der Waals surface area contributed by atoms with E-state index in [0.717, 1.165) is 23.5 Å². The lowest BCUT2D eigenvalue weighted by molar-refractivity contribution is 0.599. The Hall–Kier alpha value is -3.13. The summed E-state index contributed by atoms with van der Waals surface area (Å²) in [6.07, 6.45) is 1.41. The number of sulfonamides is 1. The van der Waals surface area contributed by atoms with E-state index >= 15 is 0 Å². The smallest absolute Gasteiger partial charge is 0.261 e. The van der Waals surface area contributed by atoms with Gasteiger partial charge in [-0.1, -0.05) is 0 Å². The topological polar surface area (TPSA) is 74.3 Å². The lowest BCUT2D eigenvalue weighted by Gasteiger charge is -2.13. The summed E-state index contributed by atoms with van der Waals surface area (Å²) < 4.78 is 40.0. The van der Waals surface area contributed by atoms with Gasteiger partial charge in [-0.15, -0.1) is 0 Å². The Bertz CT molecular complexity index is 1000. The van der Waals surface area contributed by atoms with Crippen molar-refractivity contribution in [3.63, 3.8) is 0 Å². The molecule has 0 unspecified atom stereocenters. The minimum absolute atomic E-state index is 0.0212. The molecule has 0 spiro atoms. The van der Waals surface area contributed by atoms with E-state index in [2.05, 4.69) is 15.0 Å². The molecule has 0 fully saturated rings. The molecule has 3 aromatic rings. The molecule has 3 rings (SSSR count). The summed E-state index contributed by atoms with van der Waals surface area (Å²) >= 11 is 0. The summed E-state index contributed by atoms with van der Waals surface area (Å²) in [5.41, 5.74) is 2.26. The highest BCUT2D eigenvalue weighted by atomic mass is 32.2. The number of nitrogens with zero attached hydrogens (tertiary/aromatic N) is 2.